The Hall–Kier alpha value is -0.680. The number of thioether (sulfide) groups is 1. The Balaban J connectivity index is 2.17. The molecule has 0 saturated heterocycles. The van der Waals surface area contributed by atoms with Crippen LogP contribution in [0.2, 0.25) is 0 Å². The van der Waals surface area contributed by atoms with Crippen molar-refractivity contribution in [1.29, 1.82) is 0 Å². The van der Waals surface area contributed by atoms with Gasteiger partial charge in [-0.1, -0.05) is 19.9 Å². The topological polar surface area (TPSA) is 12.0 Å². The number of alkyl halides is 3. The van der Waals surface area contributed by atoms with E-state index < -0.39 is 11.7 Å². The molecule has 1 atom stereocenters. The first kappa shape index (κ1) is 15.7. The smallest absolute Gasteiger partial charge is 0.310 e. The van der Waals surface area contributed by atoms with E-state index in [-0.39, 0.29) is 5.25 Å². The summed E-state index contributed by atoms with van der Waals surface area (Å²) in [6.07, 6.45) is -1.17. The van der Waals surface area contributed by atoms with Crippen molar-refractivity contribution in [2.75, 3.05) is 0 Å². The summed E-state index contributed by atoms with van der Waals surface area (Å²) in [6.45, 7) is 4.45. The number of nitrogens with one attached hydrogen (secondary N) is 1. The molecule has 1 unspecified atom stereocenters. The minimum absolute atomic E-state index is 0.187. The molecule has 1 aliphatic carbocycles. The molecule has 2 rings (SSSR count). The Morgan fingerprint density at radius 3 is 2.60 bits per heavy atom. The maximum absolute atomic E-state index is 13.2. The van der Waals surface area contributed by atoms with E-state index in [9.17, 15) is 13.2 Å². The lowest BCUT2D eigenvalue weighted by atomic mass is 10.1. The molecular weight excluding hydrogens is 283 g/mol. The first-order valence-electron chi connectivity index (χ1n) is 7.00. The molecule has 1 aliphatic rings. The second-order valence-corrected chi connectivity index (χ2v) is 6.80. The highest BCUT2D eigenvalue weighted by molar-refractivity contribution is 8.00. The molecule has 0 spiro atoms. The van der Waals surface area contributed by atoms with Crippen molar-refractivity contribution in [3.8, 4) is 0 Å². The van der Waals surface area contributed by atoms with Crippen LogP contribution in [0.1, 0.15) is 44.2 Å². The van der Waals surface area contributed by atoms with Crippen LogP contribution in [0.25, 0.3) is 0 Å². The van der Waals surface area contributed by atoms with Gasteiger partial charge in [0.1, 0.15) is 0 Å². The maximum Gasteiger partial charge on any atom is 0.417 e. The summed E-state index contributed by atoms with van der Waals surface area (Å²) in [4.78, 5) is 0.335. The largest absolute Gasteiger partial charge is 0.417 e. The van der Waals surface area contributed by atoms with Crippen LogP contribution in [0, 0.1) is 0 Å². The Kier molecular flexibility index (Phi) is 5.02. The lowest BCUT2D eigenvalue weighted by Gasteiger charge is -2.16. The fourth-order valence-electron chi connectivity index (χ4n) is 1.86. The van der Waals surface area contributed by atoms with Crippen molar-refractivity contribution >= 4 is 11.8 Å². The molecule has 1 nitrogen and oxygen atoms in total. The number of rotatable bonds is 6. The zero-order valence-electron chi connectivity index (χ0n) is 11.8. The highest BCUT2D eigenvalue weighted by Crippen LogP contribution is 2.39. The van der Waals surface area contributed by atoms with Gasteiger partial charge in [0.2, 0.25) is 0 Å². The summed E-state index contributed by atoms with van der Waals surface area (Å²) in [5.41, 5.74) is 0.204. The second kappa shape index (κ2) is 6.39. The van der Waals surface area contributed by atoms with Gasteiger partial charge in [0, 0.05) is 22.7 Å². The minimum atomic E-state index is -4.29. The van der Waals surface area contributed by atoms with Gasteiger partial charge in [0.05, 0.1) is 5.56 Å². The Bertz CT molecular complexity index is 455. The number of halogens is 3. The van der Waals surface area contributed by atoms with E-state index in [2.05, 4.69) is 5.32 Å². The summed E-state index contributed by atoms with van der Waals surface area (Å²) < 4.78 is 39.5. The van der Waals surface area contributed by atoms with Gasteiger partial charge >= 0.3 is 6.18 Å². The molecule has 0 aliphatic heterocycles. The molecular formula is C15H20F3NS. The Morgan fingerprint density at radius 1 is 1.35 bits per heavy atom. The van der Waals surface area contributed by atoms with Crippen LogP contribution in [0.15, 0.2) is 23.1 Å². The third-order valence-corrected chi connectivity index (χ3v) is 4.77. The quantitative estimate of drug-likeness (QED) is 0.754. The average Bonchev–Trinajstić information content (AvgIpc) is 3.20. The molecule has 1 aromatic rings. The van der Waals surface area contributed by atoms with Gasteiger partial charge in [-0.05, 0) is 37.0 Å². The van der Waals surface area contributed by atoms with Crippen molar-refractivity contribution < 1.29 is 13.2 Å². The molecule has 1 N–H and O–H groups in total. The zero-order valence-corrected chi connectivity index (χ0v) is 12.6. The zero-order chi connectivity index (χ0) is 14.8. The minimum Gasteiger partial charge on any atom is -0.310 e. The molecule has 0 aromatic heterocycles. The highest BCUT2D eigenvalue weighted by atomic mass is 32.2. The van der Waals surface area contributed by atoms with Crippen LogP contribution in [0.5, 0.6) is 0 Å². The van der Waals surface area contributed by atoms with E-state index in [0.29, 0.717) is 23.0 Å². The van der Waals surface area contributed by atoms with Crippen molar-refractivity contribution in [3.63, 3.8) is 0 Å². The fraction of sp³-hybridized carbons (Fsp3) is 0.600. The van der Waals surface area contributed by atoms with Crippen LogP contribution in [-0.4, -0.2) is 11.3 Å². The van der Waals surface area contributed by atoms with E-state index in [1.807, 2.05) is 13.8 Å². The average molecular weight is 303 g/mol. The van der Waals surface area contributed by atoms with Gasteiger partial charge in [0.15, 0.2) is 0 Å². The van der Waals surface area contributed by atoms with E-state index in [0.717, 1.165) is 19.3 Å². The first-order chi connectivity index (χ1) is 9.40. The van der Waals surface area contributed by atoms with E-state index >= 15 is 0 Å². The van der Waals surface area contributed by atoms with Crippen molar-refractivity contribution in [1.82, 2.24) is 5.32 Å². The SMILES string of the molecule is CCC(C)Sc1ccc(CNC2CC2)cc1C(F)(F)F. The summed E-state index contributed by atoms with van der Waals surface area (Å²) >= 11 is 1.30. The van der Waals surface area contributed by atoms with Gasteiger partial charge in [-0.3, -0.25) is 0 Å². The van der Waals surface area contributed by atoms with Gasteiger partial charge in [-0.25, -0.2) is 0 Å². The van der Waals surface area contributed by atoms with E-state index in [1.54, 1.807) is 12.1 Å². The van der Waals surface area contributed by atoms with Crippen LogP contribution in [-0.2, 0) is 12.7 Å². The van der Waals surface area contributed by atoms with Gasteiger partial charge < -0.3 is 5.32 Å². The lowest BCUT2D eigenvalue weighted by molar-refractivity contribution is -0.139. The van der Waals surface area contributed by atoms with Gasteiger partial charge in [-0.15, -0.1) is 11.8 Å². The highest BCUT2D eigenvalue weighted by Gasteiger charge is 2.34. The van der Waals surface area contributed by atoms with Crippen molar-refractivity contribution in [2.45, 2.75) is 62.0 Å². The summed E-state index contributed by atoms with van der Waals surface area (Å²) in [7, 11) is 0. The second-order valence-electron chi connectivity index (χ2n) is 5.32. The number of benzene rings is 1. The van der Waals surface area contributed by atoms with Crippen LogP contribution in [0.3, 0.4) is 0 Å². The predicted octanol–water partition coefficient (Wildman–Crippen LogP) is 4.85. The van der Waals surface area contributed by atoms with Crippen molar-refractivity contribution in [2.24, 2.45) is 0 Å². The molecule has 0 radical (unpaired) electrons. The molecule has 5 heteroatoms. The van der Waals surface area contributed by atoms with E-state index in [4.69, 9.17) is 0 Å². The molecule has 1 aromatic carbocycles. The van der Waals surface area contributed by atoms with Crippen LogP contribution >= 0.6 is 11.8 Å². The molecule has 20 heavy (non-hydrogen) atoms. The maximum atomic E-state index is 13.2. The van der Waals surface area contributed by atoms with Crippen LogP contribution < -0.4 is 5.32 Å². The molecule has 1 fully saturated rings. The van der Waals surface area contributed by atoms with Crippen LogP contribution in [0.4, 0.5) is 13.2 Å². The Morgan fingerprint density at radius 2 is 2.05 bits per heavy atom. The molecule has 0 heterocycles. The number of hydrogen-bond acceptors (Lipinski definition) is 2. The monoisotopic (exact) mass is 303 g/mol. The van der Waals surface area contributed by atoms with Crippen molar-refractivity contribution in [3.05, 3.63) is 29.3 Å². The first-order valence-corrected chi connectivity index (χ1v) is 7.88. The number of hydrogen-bond donors (Lipinski definition) is 1. The molecule has 0 amide bonds. The normalized spacial score (nSPS) is 17.2. The molecule has 0 bridgehead atoms. The lowest BCUT2D eigenvalue weighted by Crippen LogP contribution is -2.16. The predicted molar refractivity (Wildman–Crippen MR) is 76.9 cm³/mol. The molecule has 112 valence electrons. The standard InChI is InChI=1S/C15H20F3NS/c1-3-10(2)20-14-7-4-11(9-19-12-5-6-12)8-13(14)15(16,17)18/h4,7-8,10,12,19H,3,5-6,9H2,1-2H3. The van der Waals surface area contributed by atoms with E-state index in [1.165, 1.54) is 17.8 Å². The van der Waals surface area contributed by atoms with Gasteiger partial charge in [-0.2, -0.15) is 13.2 Å². The van der Waals surface area contributed by atoms with Gasteiger partial charge in [0.25, 0.3) is 0 Å². The summed E-state index contributed by atoms with van der Waals surface area (Å²) in [5.74, 6) is 0. The summed E-state index contributed by atoms with van der Waals surface area (Å²) in [6, 6.07) is 5.21. The molecule has 1 saturated carbocycles. The third-order valence-electron chi connectivity index (χ3n) is 3.42. The Labute approximate surface area is 122 Å². The fourth-order valence-corrected chi connectivity index (χ4v) is 2.91. The third kappa shape index (κ3) is 4.42. The summed E-state index contributed by atoms with van der Waals surface area (Å²) in [5, 5.41) is 3.44.